The van der Waals surface area contributed by atoms with Crippen LogP contribution in [0.1, 0.15) is 12.5 Å². The summed E-state index contributed by atoms with van der Waals surface area (Å²) in [7, 11) is 0. The molecule has 1 aliphatic carbocycles. The van der Waals surface area contributed by atoms with Crippen LogP contribution in [0, 0.1) is 0 Å². The molecule has 0 amide bonds. The van der Waals surface area contributed by atoms with Crippen LogP contribution in [0.5, 0.6) is 0 Å². The van der Waals surface area contributed by atoms with Crippen LogP contribution in [-0.4, -0.2) is 19.0 Å². The monoisotopic (exact) mass is 312 g/mol. The summed E-state index contributed by atoms with van der Waals surface area (Å²) in [6.45, 7) is 6.55. The molecule has 1 aliphatic rings. The van der Waals surface area contributed by atoms with Gasteiger partial charge in [0.2, 0.25) is 0 Å². The van der Waals surface area contributed by atoms with Crippen molar-refractivity contribution in [3.63, 3.8) is 0 Å². The predicted molar refractivity (Wildman–Crippen MR) is 105 cm³/mol. The van der Waals surface area contributed by atoms with Gasteiger partial charge in [0.15, 0.2) is 0 Å². The van der Waals surface area contributed by atoms with E-state index in [1.54, 1.807) is 0 Å². The van der Waals surface area contributed by atoms with Crippen molar-refractivity contribution in [2.75, 3.05) is 6.54 Å². The minimum Gasteiger partial charge on any atom is -0.285 e. The molecule has 0 atom stereocenters. The molecule has 24 heavy (non-hydrogen) atoms. The topological polar surface area (TPSA) is 24.7 Å². The molecule has 2 nitrogen and oxygen atoms in total. The highest BCUT2D eigenvalue weighted by atomic mass is 14.8. The second kappa shape index (κ2) is 7.51. The second-order valence-electron chi connectivity index (χ2n) is 5.44. The van der Waals surface area contributed by atoms with E-state index in [-0.39, 0.29) is 0 Å². The van der Waals surface area contributed by atoms with Crippen molar-refractivity contribution < 1.29 is 0 Å². The lowest BCUT2D eigenvalue weighted by Gasteiger charge is -2.12. The van der Waals surface area contributed by atoms with Crippen LogP contribution in [0.15, 0.2) is 94.5 Å². The highest BCUT2D eigenvalue weighted by Crippen LogP contribution is 2.27. The first-order valence-corrected chi connectivity index (χ1v) is 8.10. The smallest absolute Gasteiger partial charge is 0.0788 e. The number of hydrogen-bond acceptors (Lipinski definition) is 2. The lowest BCUT2D eigenvalue weighted by molar-refractivity contribution is 1.13. The fourth-order valence-electron chi connectivity index (χ4n) is 2.77. The van der Waals surface area contributed by atoms with Gasteiger partial charge in [0.1, 0.15) is 0 Å². The molecule has 2 heteroatoms. The Labute approximate surface area is 143 Å². The summed E-state index contributed by atoms with van der Waals surface area (Å²) in [4.78, 5) is 8.84. The average molecular weight is 312 g/mol. The van der Waals surface area contributed by atoms with Gasteiger partial charge in [-0.25, -0.2) is 0 Å². The Morgan fingerprint density at radius 1 is 0.875 bits per heavy atom. The number of allylic oxidation sites excluding steroid dienone is 5. The molecule has 3 rings (SSSR count). The zero-order valence-corrected chi connectivity index (χ0v) is 13.8. The summed E-state index contributed by atoms with van der Waals surface area (Å²) >= 11 is 0. The second-order valence-corrected chi connectivity index (χ2v) is 5.44. The van der Waals surface area contributed by atoms with Gasteiger partial charge >= 0.3 is 0 Å². The Hall–Kier alpha value is -3.00. The number of rotatable bonds is 4. The molecule has 0 aromatic heterocycles. The molecule has 0 aliphatic heterocycles. The van der Waals surface area contributed by atoms with E-state index in [4.69, 9.17) is 0 Å². The molecule has 0 fully saturated rings. The van der Waals surface area contributed by atoms with Crippen LogP contribution in [0.3, 0.4) is 0 Å². The van der Waals surface area contributed by atoms with Gasteiger partial charge in [-0.2, -0.15) is 0 Å². The van der Waals surface area contributed by atoms with Gasteiger partial charge in [0.25, 0.3) is 0 Å². The van der Waals surface area contributed by atoms with Gasteiger partial charge in [-0.15, -0.1) is 0 Å². The van der Waals surface area contributed by atoms with E-state index in [1.807, 2.05) is 37.3 Å². The van der Waals surface area contributed by atoms with Gasteiger partial charge in [0.05, 0.1) is 11.4 Å². The molecule has 0 radical (unpaired) electrons. The predicted octanol–water partition coefficient (Wildman–Crippen LogP) is 5.35. The molecule has 0 unspecified atom stereocenters. The summed E-state index contributed by atoms with van der Waals surface area (Å²) < 4.78 is 0. The first-order valence-electron chi connectivity index (χ1n) is 8.10. The normalized spacial score (nSPS) is 17.1. The molecule has 0 N–H and O–H groups in total. The van der Waals surface area contributed by atoms with Gasteiger partial charge in [-0.1, -0.05) is 72.8 Å². The van der Waals surface area contributed by atoms with E-state index in [1.165, 1.54) is 11.1 Å². The first kappa shape index (κ1) is 15.9. The highest BCUT2D eigenvalue weighted by molar-refractivity contribution is 6.16. The van der Waals surface area contributed by atoms with Gasteiger partial charge in [-0.05, 0) is 30.8 Å². The lowest BCUT2D eigenvalue weighted by Crippen LogP contribution is -2.04. The van der Waals surface area contributed by atoms with Gasteiger partial charge < -0.3 is 0 Å². The average Bonchev–Trinajstić information content (AvgIpc) is 2.65. The third-order valence-corrected chi connectivity index (χ3v) is 3.91. The first-order chi connectivity index (χ1) is 11.8. The highest BCUT2D eigenvalue weighted by Gasteiger charge is 2.12. The third-order valence-electron chi connectivity index (χ3n) is 3.91. The quantitative estimate of drug-likeness (QED) is 0.680. The number of benzene rings is 2. The maximum atomic E-state index is 4.56. The largest absolute Gasteiger partial charge is 0.285 e. The molecule has 0 saturated carbocycles. The van der Waals surface area contributed by atoms with Crippen LogP contribution in [0.25, 0.3) is 16.8 Å². The van der Waals surface area contributed by atoms with Crippen molar-refractivity contribution in [3.8, 4) is 11.1 Å². The Balaban J connectivity index is 2.01. The van der Waals surface area contributed by atoms with E-state index in [9.17, 15) is 0 Å². The van der Waals surface area contributed by atoms with Crippen LogP contribution in [0.4, 0.5) is 0 Å². The molecule has 0 heterocycles. The fraction of sp³-hybridized carbons (Fsp3) is 0.0909. The number of nitrogens with zero attached hydrogens (tertiary/aromatic N) is 2. The van der Waals surface area contributed by atoms with Crippen LogP contribution >= 0.6 is 0 Å². The third kappa shape index (κ3) is 3.33. The zero-order valence-electron chi connectivity index (χ0n) is 13.8. The van der Waals surface area contributed by atoms with Crippen molar-refractivity contribution in [1.82, 2.24) is 0 Å². The summed E-state index contributed by atoms with van der Waals surface area (Å²) in [5.41, 5.74) is 6.27. The van der Waals surface area contributed by atoms with Gasteiger partial charge in [-0.3, -0.25) is 9.98 Å². The maximum absolute atomic E-state index is 4.56. The summed E-state index contributed by atoms with van der Waals surface area (Å²) in [6, 6.07) is 18.8. The van der Waals surface area contributed by atoms with Crippen molar-refractivity contribution in [1.29, 1.82) is 0 Å². The minimum absolute atomic E-state index is 0.744. The Kier molecular flexibility index (Phi) is 4.97. The van der Waals surface area contributed by atoms with Crippen LogP contribution in [-0.2, 0) is 0 Å². The number of hydrogen-bond donors (Lipinski definition) is 0. The lowest BCUT2D eigenvalue weighted by atomic mass is 9.97. The zero-order chi connectivity index (χ0) is 16.8. The van der Waals surface area contributed by atoms with Crippen molar-refractivity contribution in [3.05, 3.63) is 90.0 Å². The Morgan fingerprint density at radius 3 is 2.21 bits per heavy atom. The maximum Gasteiger partial charge on any atom is 0.0788 e. The summed E-state index contributed by atoms with van der Waals surface area (Å²) in [5, 5.41) is 0. The molecule has 0 saturated heterocycles. The Bertz CT molecular complexity index is 835. The standard InChI is InChI=1S/C22H20N2/c1-3-24-21-12-8-7-11-20(21)22(23-2)19-15-13-18(14-16-19)17-9-5-4-6-10-17/h4-16H,2-3H2,1H3/b22-20-,24-21?. The number of aliphatic imine (C=N–C) groups is 2. The minimum atomic E-state index is 0.744. The van der Waals surface area contributed by atoms with Crippen molar-refractivity contribution >= 4 is 18.1 Å². The molecule has 2 aromatic carbocycles. The Morgan fingerprint density at radius 2 is 1.54 bits per heavy atom. The van der Waals surface area contributed by atoms with Gasteiger partial charge in [0, 0.05) is 17.7 Å². The molecular weight excluding hydrogens is 292 g/mol. The molecule has 0 spiro atoms. The van der Waals surface area contributed by atoms with E-state index in [0.29, 0.717) is 0 Å². The summed E-state index contributed by atoms with van der Waals surface area (Å²) in [6.07, 6.45) is 8.07. The summed E-state index contributed by atoms with van der Waals surface area (Å²) in [5.74, 6) is 0. The van der Waals surface area contributed by atoms with E-state index >= 15 is 0 Å². The van der Waals surface area contributed by atoms with Crippen molar-refractivity contribution in [2.45, 2.75) is 6.92 Å². The van der Waals surface area contributed by atoms with Crippen LogP contribution in [0.2, 0.25) is 0 Å². The van der Waals surface area contributed by atoms with E-state index in [2.05, 4.69) is 65.2 Å². The molecule has 0 bridgehead atoms. The van der Waals surface area contributed by atoms with E-state index in [0.717, 1.165) is 29.1 Å². The van der Waals surface area contributed by atoms with Crippen molar-refractivity contribution in [2.24, 2.45) is 9.98 Å². The van der Waals surface area contributed by atoms with E-state index < -0.39 is 0 Å². The van der Waals surface area contributed by atoms with Crippen LogP contribution < -0.4 is 0 Å². The fourth-order valence-corrected chi connectivity index (χ4v) is 2.77. The molecular formula is C22H20N2. The molecule has 2 aromatic rings. The SMILES string of the molecule is C=N/C(=C1/C=CC=CC1=NCC)c1ccc(-c2ccccc2)cc1. The molecule has 118 valence electrons.